The second kappa shape index (κ2) is 9.30. The fourth-order valence-corrected chi connectivity index (χ4v) is 3.11. The maximum Gasteiger partial charge on any atom is 0.325 e. The summed E-state index contributed by atoms with van der Waals surface area (Å²) in [5.41, 5.74) is 1.12. The molecule has 0 amide bonds. The summed E-state index contributed by atoms with van der Waals surface area (Å²) >= 11 is 12.0. The van der Waals surface area contributed by atoms with E-state index < -0.39 is 17.6 Å². The molecule has 0 saturated carbocycles. The van der Waals surface area contributed by atoms with Crippen LogP contribution in [-0.2, 0) is 9.53 Å². The van der Waals surface area contributed by atoms with Crippen LogP contribution in [0.3, 0.4) is 0 Å². The molecule has 0 radical (unpaired) electrons. The van der Waals surface area contributed by atoms with Crippen molar-refractivity contribution in [3.8, 4) is 0 Å². The minimum absolute atomic E-state index is 0.0345. The van der Waals surface area contributed by atoms with E-state index in [-0.39, 0.29) is 12.3 Å². The van der Waals surface area contributed by atoms with Crippen LogP contribution in [0.2, 0.25) is 10.0 Å². The molecule has 5 nitrogen and oxygen atoms in total. The summed E-state index contributed by atoms with van der Waals surface area (Å²) in [4.78, 5) is 24.9. The lowest BCUT2D eigenvalue weighted by Gasteiger charge is -2.20. The lowest BCUT2D eigenvalue weighted by molar-refractivity contribution is -0.152. The van der Waals surface area contributed by atoms with Gasteiger partial charge in [0.2, 0.25) is 0 Å². The van der Waals surface area contributed by atoms with Crippen LogP contribution < -0.4 is 10.6 Å². The van der Waals surface area contributed by atoms with Crippen molar-refractivity contribution in [3.63, 3.8) is 0 Å². The van der Waals surface area contributed by atoms with Crippen LogP contribution in [0.25, 0.3) is 0 Å². The summed E-state index contributed by atoms with van der Waals surface area (Å²) in [5.74, 6) is -0.530. The number of esters is 1. The lowest BCUT2D eigenvalue weighted by Crippen LogP contribution is -2.29. The summed E-state index contributed by atoms with van der Waals surface area (Å²) in [6, 6.07) is 11.5. The molecule has 0 aliphatic heterocycles. The SMILES string of the molecule is C[C@H](Nc1cc(Cl)cc(Cl)c1)C(=O)c1ccccc1NCC(=O)OC(C)(C)C. The first-order valence-corrected chi connectivity index (χ1v) is 9.62. The molecule has 0 fully saturated rings. The van der Waals surface area contributed by atoms with Crippen LogP contribution in [-0.4, -0.2) is 29.9 Å². The third-order valence-corrected chi connectivity index (χ3v) is 4.11. The number of para-hydroxylation sites is 1. The van der Waals surface area contributed by atoms with Crippen molar-refractivity contribution in [2.45, 2.75) is 39.3 Å². The minimum atomic E-state index is -0.565. The predicted molar refractivity (Wildman–Crippen MR) is 115 cm³/mol. The molecule has 150 valence electrons. The Bertz CT molecular complexity index is 843. The number of ketones is 1. The van der Waals surface area contributed by atoms with Gasteiger partial charge in [0.05, 0.1) is 6.04 Å². The average molecular weight is 423 g/mol. The zero-order valence-corrected chi connectivity index (χ0v) is 17.8. The molecule has 0 unspecified atom stereocenters. The van der Waals surface area contributed by atoms with Crippen molar-refractivity contribution in [1.29, 1.82) is 0 Å². The van der Waals surface area contributed by atoms with Crippen LogP contribution in [0.15, 0.2) is 42.5 Å². The predicted octanol–water partition coefficient (Wildman–Crippen LogP) is 5.43. The van der Waals surface area contributed by atoms with Crippen LogP contribution in [0.1, 0.15) is 38.1 Å². The molecular formula is C21H24Cl2N2O3. The highest BCUT2D eigenvalue weighted by atomic mass is 35.5. The van der Waals surface area contributed by atoms with Crippen molar-refractivity contribution in [3.05, 3.63) is 58.1 Å². The molecule has 0 aliphatic rings. The molecule has 0 bridgehead atoms. The summed E-state index contributed by atoms with van der Waals surface area (Å²) in [6.45, 7) is 7.13. The monoisotopic (exact) mass is 422 g/mol. The summed E-state index contributed by atoms with van der Waals surface area (Å²) in [6.07, 6.45) is 0. The molecular weight excluding hydrogens is 399 g/mol. The number of halogens is 2. The van der Waals surface area contributed by atoms with Gasteiger partial charge in [-0.3, -0.25) is 9.59 Å². The van der Waals surface area contributed by atoms with Crippen LogP contribution in [0.5, 0.6) is 0 Å². The molecule has 7 heteroatoms. The topological polar surface area (TPSA) is 67.4 Å². The normalized spacial score (nSPS) is 12.2. The molecule has 1 atom stereocenters. The molecule has 0 spiro atoms. The first kappa shape index (κ1) is 22.1. The maximum absolute atomic E-state index is 12.9. The van der Waals surface area contributed by atoms with Gasteiger partial charge in [0.1, 0.15) is 12.1 Å². The number of Topliss-reactive ketones (excluding diaryl/α,β-unsaturated/α-hetero) is 1. The number of hydrogen-bond donors (Lipinski definition) is 2. The molecule has 0 saturated heterocycles. The average Bonchev–Trinajstić information content (AvgIpc) is 2.57. The summed E-state index contributed by atoms with van der Waals surface area (Å²) < 4.78 is 5.28. The molecule has 0 heterocycles. The Morgan fingerprint density at radius 1 is 1.07 bits per heavy atom. The first-order valence-electron chi connectivity index (χ1n) is 8.87. The Kier molecular flexibility index (Phi) is 7.33. The number of anilines is 2. The number of benzene rings is 2. The largest absolute Gasteiger partial charge is 0.459 e. The lowest BCUT2D eigenvalue weighted by atomic mass is 10.0. The van der Waals surface area contributed by atoms with Gasteiger partial charge in [-0.1, -0.05) is 35.3 Å². The van der Waals surface area contributed by atoms with Gasteiger partial charge in [0, 0.05) is 27.0 Å². The molecule has 28 heavy (non-hydrogen) atoms. The van der Waals surface area contributed by atoms with E-state index in [9.17, 15) is 9.59 Å². The molecule has 0 aromatic heterocycles. The van der Waals surface area contributed by atoms with E-state index in [4.69, 9.17) is 27.9 Å². The Balaban J connectivity index is 2.09. The zero-order valence-electron chi connectivity index (χ0n) is 16.3. The van der Waals surface area contributed by atoms with Gasteiger partial charge < -0.3 is 15.4 Å². The van der Waals surface area contributed by atoms with E-state index in [1.54, 1.807) is 70.2 Å². The van der Waals surface area contributed by atoms with E-state index in [1.165, 1.54) is 0 Å². The number of ether oxygens (including phenoxy) is 1. The minimum Gasteiger partial charge on any atom is -0.459 e. The highest BCUT2D eigenvalue weighted by Crippen LogP contribution is 2.24. The van der Waals surface area contributed by atoms with Crippen molar-refractivity contribution < 1.29 is 14.3 Å². The number of carbonyl (C=O) groups is 2. The van der Waals surface area contributed by atoms with Crippen LogP contribution in [0.4, 0.5) is 11.4 Å². The van der Waals surface area contributed by atoms with Crippen molar-refractivity contribution >= 4 is 46.3 Å². The van der Waals surface area contributed by atoms with Gasteiger partial charge in [-0.25, -0.2) is 0 Å². The van der Waals surface area contributed by atoms with Crippen molar-refractivity contribution in [2.24, 2.45) is 0 Å². The standard InChI is InChI=1S/C21H24Cl2N2O3/c1-13(25-16-10-14(22)9-15(23)11-16)20(27)17-7-5-6-8-18(17)24-12-19(26)28-21(2,3)4/h5-11,13,24-25H,12H2,1-4H3/t13-/m0/s1. The number of rotatable bonds is 7. The third kappa shape index (κ3) is 6.73. The van der Waals surface area contributed by atoms with E-state index in [0.29, 0.717) is 27.0 Å². The second-order valence-corrected chi connectivity index (χ2v) is 8.25. The van der Waals surface area contributed by atoms with E-state index in [1.807, 2.05) is 0 Å². The van der Waals surface area contributed by atoms with Crippen molar-refractivity contribution in [2.75, 3.05) is 17.2 Å². The quantitative estimate of drug-likeness (QED) is 0.459. The van der Waals surface area contributed by atoms with Gasteiger partial charge in [-0.15, -0.1) is 0 Å². The Hall–Kier alpha value is -2.24. The highest BCUT2D eigenvalue weighted by Gasteiger charge is 2.20. The third-order valence-electron chi connectivity index (χ3n) is 3.67. The summed E-state index contributed by atoms with van der Waals surface area (Å²) in [5, 5.41) is 7.06. The molecule has 2 aromatic rings. The maximum atomic E-state index is 12.9. The van der Waals surface area contributed by atoms with Gasteiger partial charge >= 0.3 is 5.97 Å². The molecule has 2 N–H and O–H groups in total. The number of nitrogens with one attached hydrogen (secondary N) is 2. The van der Waals surface area contributed by atoms with E-state index >= 15 is 0 Å². The Morgan fingerprint density at radius 2 is 1.68 bits per heavy atom. The fraction of sp³-hybridized carbons (Fsp3) is 0.333. The Labute approximate surface area is 175 Å². The van der Waals surface area contributed by atoms with E-state index in [2.05, 4.69) is 10.6 Å². The molecule has 2 rings (SSSR count). The van der Waals surface area contributed by atoms with Crippen LogP contribution in [0, 0.1) is 0 Å². The Morgan fingerprint density at radius 3 is 2.29 bits per heavy atom. The number of hydrogen-bond acceptors (Lipinski definition) is 5. The highest BCUT2D eigenvalue weighted by molar-refractivity contribution is 6.35. The van der Waals surface area contributed by atoms with Gasteiger partial charge in [-0.2, -0.15) is 0 Å². The van der Waals surface area contributed by atoms with E-state index in [0.717, 1.165) is 0 Å². The van der Waals surface area contributed by atoms with Crippen LogP contribution >= 0.6 is 23.2 Å². The molecule has 2 aromatic carbocycles. The van der Waals surface area contributed by atoms with Gasteiger partial charge in [-0.05, 0) is 58.0 Å². The molecule has 0 aliphatic carbocycles. The number of carbonyl (C=O) groups excluding carboxylic acids is 2. The summed E-state index contributed by atoms with van der Waals surface area (Å²) in [7, 11) is 0. The van der Waals surface area contributed by atoms with Crippen molar-refractivity contribution in [1.82, 2.24) is 0 Å². The zero-order chi connectivity index (χ0) is 20.9. The fourth-order valence-electron chi connectivity index (χ4n) is 2.58. The second-order valence-electron chi connectivity index (χ2n) is 7.37. The van der Waals surface area contributed by atoms with Gasteiger partial charge in [0.25, 0.3) is 0 Å². The van der Waals surface area contributed by atoms with Gasteiger partial charge in [0.15, 0.2) is 5.78 Å². The smallest absolute Gasteiger partial charge is 0.325 e. The first-order chi connectivity index (χ1) is 13.0.